The Balaban J connectivity index is 1.41. The van der Waals surface area contributed by atoms with E-state index in [1.807, 2.05) is 6.08 Å². The fourth-order valence-electron chi connectivity index (χ4n) is 11.6. The van der Waals surface area contributed by atoms with Gasteiger partial charge in [-0.15, -0.1) is 0 Å². The highest BCUT2D eigenvalue weighted by Crippen LogP contribution is 2.33. The van der Waals surface area contributed by atoms with Gasteiger partial charge >= 0.3 is 0 Å². The van der Waals surface area contributed by atoms with Crippen LogP contribution >= 0.6 is 0 Å². The molecule has 3 heterocycles. The normalized spacial score (nSPS) is 28.2. The maximum atomic E-state index is 13.4. The molecule has 92 heavy (non-hydrogen) atoms. The molecule has 3 aliphatic heterocycles. The second kappa shape index (κ2) is 54.0. The molecule has 0 radical (unpaired) electrons. The van der Waals surface area contributed by atoms with Gasteiger partial charge in [-0.25, -0.2) is 0 Å². The number of aliphatic hydroxyl groups excluding tert-OH is 11. The van der Waals surface area contributed by atoms with Gasteiger partial charge in [0.2, 0.25) is 5.91 Å². The average Bonchev–Trinajstić information content (AvgIpc) is 0.834. The number of carbonyl (C=O) groups is 1. The Morgan fingerprint density at radius 1 is 0.402 bits per heavy atom. The quantitative estimate of drug-likeness (QED) is 0.0199. The zero-order valence-corrected chi connectivity index (χ0v) is 56.3. The highest BCUT2D eigenvalue weighted by atomic mass is 16.8. The van der Waals surface area contributed by atoms with Crippen LogP contribution in [0.15, 0.2) is 85.1 Å². The molecule has 19 heteroatoms. The number of carbonyl (C=O) groups excluding carboxylic acids is 1. The number of hydrogen-bond donors (Lipinski definition) is 12. The minimum Gasteiger partial charge on any atom is -0.394 e. The van der Waals surface area contributed by atoms with Gasteiger partial charge in [0.1, 0.15) is 73.2 Å². The summed E-state index contributed by atoms with van der Waals surface area (Å²) in [5, 5.41) is 121. The molecule has 0 aromatic heterocycles. The number of allylic oxidation sites excluding steroid dienone is 13. The number of hydrogen-bond acceptors (Lipinski definition) is 18. The number of ether oxygens (including phenoxy) is 6. The third-order valence-corrected chi connectivity index (χ3v) is 17.4. The van der Waals surface area contributed by atoms with Crippen molar-refractivity contribution in [3.63, 3.8) is 0 Å². The molecule has 12 N–H and O–H groups in total. The molecule has 0 aromatic carbocycles. The summed E-state index contributed by atoms with van der Waals surface area (Å²) in [7, 11) is 0. The summed E-state index contributed by atoms with van der Waals surface area (Å²) >= 11 is 0. The van der Waals surface area contributed by atoms with Crippen LogP contribution in [0.5, 0.6) is 0 Å². The SMILES string of the molecule is CC/C=C\C/C=C\C/C=C\C/C=C\CCCCCCCCCCCCCCCCCCC(=O)NC(COC1OC(CO)C(OC2OC(CO)C(OC3OC(CO)C(O)C(O)C3O)C(O)C2O)C(O)C1O)C(O)/C=C/CC/C=C/CC/C=C/CCCCCCCCCC. The lowest BCUT2D eigenvalue weighted by molar-refractivity contribution is -0.379. The van der Waals surface area contributed by atoms with Crippen molar-refractivity contribution in [3.8, 4) is 0 Å². The Hall–Kier alpha value is -3.03. The second-order valence-electron chi connectivity index (χ2n) is 25.3. The smallest absolute Gasteiger partial charge is 0.220 e. The minimum atomic E-state index is -1.99. The summed E-state index contributed by atoms with van der Waals surface area (Å²) in [6.07, 6.45) is 42.8. The Kier molecular flexibility index (Phi) is 48.9. The molecule has 3 fully saturated rings. The number of amides is 1. The van der Waals surface area contributed by atoms with Gasteiger partial charge in [0.25, 0.3) is 0 Å². The Bertz CT molecular complexity index is 2000. The molecule has 0 bridgehead atoms. The first-order chi connectivity index (χ1) is 44.8. The van der Waals surface area contributed by atoms with E-state index in [1.54, 1.807) is 6.08 Å². The lowest BCUT2D eigenvalue weighted by atomic mass is 9.96. The van der Waals surface area contributed by atoms with Gasteiger partial charge < -0.3 is 89.9 Å². The molecule has 17 unspecified atom stereocenters. The lowest BCUT2D eigenvalue weighted by Gasteiger charge is -2.48. The molecular weight excluding hydrogens is 1180 g/mol. The third-order valence-electron chi connectivity index (χ3n) is 17.4. The fraction of sp³-hybridized carbons (Fsp3) is 0.795. The van der Waals surface area contributed by atoms with Crippen LogP contribution in [0.3, 0.4) is 0 Å². The van der Waals surface area contributed by atoms with Crippen LogP contribution in [-0.4, -0.2) is 193 Å². The van der Waals surface area contributed by atoms with Crippen molar-refractivity contribution in [2.24, 2.45) is 0 Å². The molecule has 0 aromatic rings. The van der Waals surface area contributed by atoms with Gasteiger partial charge in [0, 0.05) is 6.42 Å². The maximum absolute atomic E-state index is 13.4. The standard InChI is InChI=1S/C73H127NO18/c1-3-5-7-9-11-13-15-17-19-21-23-24-25-26-27-28-29-30-31-32-33-35-37-39-41-43-45-47-49-51-61(79)74-56(57(78)50-48-46-44-42-40-38-36-34-22-20-18-16-14-12-10-8-6-4-2)55-87-71-67(85)64(82)69(59(53-76)89-71)92-73-68(86)65(83)70(60(54-77)90-73)91-72-66(84)63(81)62(80)58(52-75)88-72/h5,7,11,13,17,19,22-24,34,40,42,48,50,56-60,62-73,75-78,80-86H,3-4,6,8-10,12,14-16,18,20-21,25-33,35-39,41,43-47,49,51-55H2,1-2H3,(H,74,79)/b7-5-,13-11-,19-17-,24-23-,34-22+,42-40+,50-48+. The first-order valence-electron chi connectivity index (χ1n) is 35.8. The van der Waals surface area contributed by atoms with Gasteiger partial charge in [0.05, 0.1) is 38.6 Å². The Labute approximate surface area is 552 Å². The van der Waals surface area contributed by atoms with Crippen molar-refractivity contribution >= 4 is 5.91 Å². The topological polar surface area (TPSA) is 307 Å². The summed E-state index contributed by atoms with van der Waals surface area (Å²) in [5.41, 5.74) is 0. The molecular formula is C73H127NO18. The van der Waals surface area contributed by atoms with E-state index in [2.05, 4.69) is 92.1 Å². The Morgan fingerprint density at radius 2 is 0.761 bits per heavy atom. The van der Waals surface area contributed by atoms with Crippen LogP contribution in [0.2, 0.25) is 0 Å². The third kappa shape index (κ3) is 35.3. The second-order valence-corrected chi connectivity index (χ2v) is 25.3. The zero-order chi connectivity index (χ0) is 66.8. The molecule has 3 rings (SSSR count). The van der Waals surface area contributed by atoms with E-state index in [9.17, 15) is 61.0 Å². The van der Waals surface area contributed by atoms with E-state index >= 15 is 0 Å². The molecule has 0 spiro atoms. The number of nitrogens with one attached hydrogen (secondary N) is 1. The van der Waals surface area contributed by atoms with Crippen LogP contribution in [0.4, 0.5) is 0 Å². The summed E-state index contributed by atoms with van der Waals surface area (Å²) in [6, 6.07) is -1.00. The predicted molar refractivity (Wildman–Crippen MR) is 360 cm³/mol. The van der Waals surface area contributed by atoms with Gasteiger partial charge in [-0.1, -0.05) is 234 Å². The summed E-state index contributed by atoms with van der Waals surface area (Å²) < 4.78 is 34.3. The van der Waals surface area contributed by atoms with Crippen molar-refractivity contribution in [1.29, 1.82) is 0 Å². The van der Waals surface area contributed by atoms with Crippen LogP contribution < -0.4 is 5.32 Å². The largest absolute Gasteiger partial charge is 0.394 e. The van der Waals surface area contributed by atoms with E-state index < -0.39 is 124 Å². The van der Waals surface area contributed by atoms with Gasteiger partial charge in [-0.3, -0.25) is 4.79 Å². The van der Waals surface area contributed by atoms with Gasteiger partial charge in [-0.2, -0.15) is 0 Å². The van der Waals surface area contributed by atoms with E-state index in [-0.39, 0.29) is 18.9 Å². The molecule has 3 aliphatic rings. The van der Waals surface area contributed by atoms with Crippen LogP contribution in [-0.2, 0) is 33.2 Å². The van der Waals surface area contributed by atoms with E-state index in [4.69, 9.17) is 28.4 Å². The van der Waals surface area contributed by atoms with Crippen LogP contribution in [0.1, 0.15) is 239 Å². The Morgan fingerprint density at radius 3 is 1.22 bits per heavy atom. The minimum absolute atomic E-state index is 0.229. The highest BCUT2D eigenvalue weighted by molar-refractivity contribution is 5.76. The van der Waals surface area contributed by atoms with Gasteiger partial charge in [0.15, 0.2) is 18.9 Å². The maximum Gasteiger partial charge on any atom is 0.220 e. The molecule has 17 atom stereocenters. The summed E-state index contributed by atoms with van der Waals surface area (Å²) in [4.78, 5) is 13.4. The monoisotopic (exact) mass is 1310 g/mol. The predicted octanol–water partition coefficient (Wildman–Crippen LogP) is 9.88. The van der Waals surface area contributed by atoms with Crippen molar-refractivity contribution < 1.29 is 89.4 Å². The first-order valence-corrected chi connectivity index (χ1v) is 35.8. The fourth-order valence-corrected chi connectivity index (χ4v) is 11.6. The number of rotatable bonds is 54. The van der Waals surface area contributed by atoms with E-state index in [0.717, 1.165) is 70.6 Å². The van der Waals surface area contributed by atoms with E-state index in [1.165, 1.54) is 135 Å². The number of aliphatic hydroxyl groups is 11. The first kappa shape index (κ1) is 83.2. The summed E-state index contributed by atoms with van der Waals surface area (Å²) in [5.74, 6) is -0.291. The van der Waals surface area contributed by atoms with Gasteiger partial charge in [-0.05, 0) is 83.5 Å². The molecule has 532 valence electrons. The molecule has 0 aliphatic carbocycles. The van der Waals surface area contributed by atoms with Crippen molar-refractivity contribution in [3.05, 3.63) is 85.1 Å². The average molecular weight is 1310 g/mol. The van der Waals surface area contributed by atoms with Crippen LogP contribution in [0, 0.1) is 0 Å². The zero-order valence-electron chi connectivity index (χ0n) is 56.3. The molecule has 0 saturated carbocycles. The molecule has 1 amide bonds. The highest BCUT2D eigenvalue weighted by Gasteiger charge is 2.53. The van der Waals surface area contributed by atoms with Crippen LogP contribution in [0.25, 0.3) is 0 Å². The van der Waals surface area contributed by atoms with Crippen molar-refractivity contribution in [2.75, 3.05) is 26.4 Å². The van der Waals surface area contributed by atoms with E-state index in [0.29, 0.717) is 12.8 Å². The van der Waals surface area contributed by atoms with Crippen molar-refractivity contribution in [2.45, 2.75) is 343 Å². The summed E-state index contributed by atoms with van der Waals surface area (Å²) in [6.45, 7) is 1.59. The van der Waals surface area contributed by atoms with Crippen molar-refractivity contribution in [1.82, 2.24) is 5.32 Å². The lowest BCUT2D eigenvalue weighted by Crippen LogP contribution is -2.66. The molecule has 3 saturated heterocycles. The number of unbranched alkanes of at least 4 members (excludes halogenated alkanes) is 26. The molecule has 19 nitrogen and oxygen atoms in total.